The van der Waals surface area contributed by atoms with Crippen molar-refractivity contribution in [2.45, 2.75) is 13.5 Å². The minimum absolute atomic E-state index is 0.102. The van der Waals surface area contributed by atoms with Crippen LogP contribution in [0.1, 0.15) is 5.56 Å². The number of rotatable bonds is 4. The molecule has 6 heteroatoms. The SMILES string of the molecule is Cc1c(N)cn(CCOc2cccc(Br)c2)c(=O)c1Br. The number of pyridine rings is 1. The second kappa shape index (κ2) is 6.45. The van der Waals surface area contributed by atoms with Crippen LogP contribution in [-0.4, -0.2) is 11.2 Å². The molecule has 0 fully saturated rings. The molecule has 0 unspecified atom stereocenters. The number of hydrogen-bond acceptors (Lipinski definition) is 3. The van der Waals surface area contributed by atoms with Crippen molar-refractivity contribution in [1.82, 2.24) is 4.57 Å². The summed E-state index contributed by atoms with van der Waals surface area (Å²) in [5, 5.41) is 0. The molecule has 1 aromatic carbocycles. The summed E-state index contributed by atoms with van der Waals surface area (Å²) in [4.78, 5) is 12.0. The van der Waals surface area contributed by atoms with E-state index in [1.807, 2.05) is 31.2 Å². The molecule has 0 saturated carbocycles. The van der Waals surface area contributed by atoms with Crippen LogP contribution in [0.3, 0.4) is 0 Å². The highest BCUT2D eigenvalue weighted by atomic mass is 79.9. The first kappa shape index (κ1) is 15.1. The Morgan fingerprint density at radius 2 is 2.10 bits per heavy atom. The molecule has 0 aliphatic rings. The lowest BCUT2D eigenvalue weighted by Gasteiger charge is -2.11. The highest BCUT2D eigenvalue weighted by molar-refractivity contribution is 9.10. The molecule has 1 aromatic heterocycles. The number of ether oxygens (including phenoxy) is 1. The third-order valence-electron chi connectivity index (χ3n) is 2.90. The predicted molar refractivity (Wildman–Crippen MR) is 87.2 cm³/mol. The first-order valence-electron chi connectivity index (χ1n) is 6.02. The van der Waals surface area contributed by atoms with Crippen molar-refractivity contribution in [3.63, 3.8) is 0 Å². The maximum atomic E-state index is 12.0. The first-order valence-corrected chi connectivity index (χ1v) is 7.61. The largest absolute Gasteiger partial charge is 0.492 e. The quantitative estimate of drug-likeness (QED) is 0.854. The molecule has 0 spiro atoms. The lowest BCUT2D eigenvalue weighted by Crippen LogP contribution is -2.24. The van der Waals surface area contributed by atoms with Crippen LogP contribution < -0.4 is 16.0 Å². The highest BCUT2D eigenvalue weighted by Crippen LogP contribution is 2.18. The zero-order chi connectivity index (χ0) is 14.7. The number of anilines is 1. The lowest BCUT2D eigenvalue weighted by atomic mass is 10.2. The van der Waals surface area contributed by atoms with Gasteiger partial charge in [0.1, 0.15) is 12.4 Å². The third-order valence-corrected chi connectivity index (χ3v) is 4.33. The van der Waals surface area contributed by atoms with E-state index in [4.69, 9.17) is 10.5 Å². The fraction of sp³-hybridized carbons (Fsp3) is 0.214. The number of aromatic nitrogens is 1. The van der Waals surface area contributed by atoms with Crippen LogP contribution in [0.25, 0.3) is 0 Å². The molecule has 2 aromatic rings. The molecule has 0 saturated heterocycles. The Balaban J connectivity index is 2.07. The standard InChI is InChI=1S/C14H14Br2N2O2/c1-9-12(17)8-18(14(19)13(9)16)5-6-20-11-4-2-3-10(15)7-11/h2-4,7-8H,5-6,17H2,1H3. The van der Waals surface area contributed by atoms with Gasteiger partial charge in [0.2, 0.25) is 0 Å². The summed E-state index contributed by atoms with van der Waals surface area (Å²) in [6.07, 6.45) is 1.65. The Morgan fingerprint density at radius 1 is 1.35 bits per heavy atom. The number of nitrogens with two attached hydrogens (primary N) is 1. The van der Waals surface area contributed by atoms with Gasteiger partial charge < -0.3 is 15.0 Å². The van der Waals surface area contributed by atoms with Crippen molar-refractivity contribution >= 4 is 37.5 Å². The number of nitrogen functional groups attached to an aromatic ring is 1. The van der Waals surface area contributed by atoms with E-state index in [0.29, 0.717) is 23.3 Å². The Hall–Kier alpha value is -1.27. The van der Waals surface area contributed by atoms with E-state index in [0.717, 1.165) is 15.8 Å². The van der Waals surface area contributed by atoms with E-state index >= 15 is 0 Å². The molecule has 0 radical (unpaired) electrons. The molecule has 4 nitrogen and oxygen atoms in total. The van der Waals surface area contributed by atoms with Gasteiger partial charge in [-0.1, -0.05) is 22.0 Å². The monoisotopic (exact) mass is 400 g/mol. The summed E-state index contributed by atoms with van der Waals surface area (Å²) in [5.41, 5.74) is 7.10. The van der Waals surface area contributed by atoms with E-state index in [1.165, 1.54) is 0 Å². The summed E-state index contributed by atoms with van der Waals surface area (Å²) < 4.78 is 8.61. The molecular weight excluding hydrogens is 388 g/mol. The summed E-state index contributed by atoms with van der Waals surface area (Å²) in [6.45, 7) is 2.64. The highest BCUT2D eigenvalue weighted by Gasteiger charge is 2.08. The molecule has 0 aliphatic carbocycles. The van der Waals surface area contributed by atoms with Gasteiger partial charge in [0.05, 0.1) is 16.7 Å². The third kappa shape index (κ3) is 3.43. The second-order valence-corrected chi connectivity index (χ2v) is 6.04. The molecular formula is C14H14Br2N2O2. The zero-order valence-electron chi connectivity index (χ0n) is 10.9. The van der Waals surface area contributed by atoms with Crippen molar-refractivity contribution in [3.05, 3.63) is 55.3 Å². The van der Waals surface area contributed by atoms with Gasteiger partial charge in [0.25, 0.3) is 5.56 Å². The van der Waals surface area contributed by atoms with E-state index < -0.39 is 0 Å². The number of halogens is 2. The maximum Gasteiger partial charge on any atom is 0.265 e. The van der Waals surface area contributed by atoms with Crippen molar-refractivity contribution in [2.24, 2.45) is 0 Å². The summed E-state index contributed by atoms with van der Waals surface area (Å²) in [6, 6.07) is 7.57. The molecule has 20 heavy (non-hydrogen) atoms. The topological polar surface area (TPSA) is 57.2 Å². The number of hydrogen-bond donors (Lipinski definition) is 1. The van der Waals surface area contributed by atoms with E-state index in [2.05, 4.69) is 31.9 Å². The molecule has 2 N–H and O–H groups in total. The van der Waals surface area contributed by atoms with Crippen LogP contribution in [-0.2, 0) is 6.54 Å². The van der Waals surface area contributed by atoms with Crippen LogP contribution in [0.5, 0.6) is 5.75 Å². The molecule has 0 bridgehead atoms. The minimum Gasteiger partial charge on any atom is -0.492 e. The molecule has 0 aliphatic heterocycles. The van der Waals surface area contributed by atoms with Gasteiger partial charge >= 0.3 is 0 Å². The summed E-state index contributed by atoms with van der Waals surface area (Å²) in [5.74, 6) is 0.756. The Labute approximate surface area is 133 Å². The normalized spacial score (nSPS) is 10.6. The van der Waals surface area contributed by atoms with E-state index in [1.54, 1.807) is 10.8 Å². The second-order valence-electron chi connectivity index (χ2n) is 4.33. The van der Waals surface area contributed by atoms with Crippen LogP contribution in [0.15, 0.2) is 44.2 Å². The molecule has 2 rings (SSSR count). The molecule has 106 valence electrons. The predicted octanol–water partition coefficient (Wildman–Crippen LogP) is 3.34. The van der Waals surface area contributed by atoms with Gasteiger partial charge in [0, 0.05) is 10.7 Å². The van der Waals surface area contributed by atoms with Crippen molar-refractivity contribution in [2.75, 3.05) is 12.3 Å². The van der Waals surface area contributed by atoms with Gasteiger partial charge in [-0.3, -0.25) is 4.79 Å². The van der Waals surface area contributed by atoms with Crippen LogP contribution in [0.4, 0.5) is 5.69 Å². The molecule has 1 heterocycles. The smallest absolute Gasteiger partial charge is 0.265 e. The lowest BCUT2D eigenvalue weighted by molar-refractivity contribution is 0.296. The summed E-state index contributed by atoms with van der Waals surface area (Å²) in [7, 11) is 0. The maximum absolute atomic E-state index is 12.0. The average molecular weight is 402 g/mol. The molecule has 0 amide bonds. The average Bonchev–Trinajstić information content (AvgIpc) is 2.42. The van der Waals surface area contributed by atoms with Crippen molar-refractivity contribution in [1.29, 1.82) is 0 Å². The summed E-state index contributed by atoms with van der Waals surface area (Å²) >= 11 is 6.65. The fourth-order valence-corrected chi connectivity index (χ4v) is 2.56. The Bertz CT molecular complexity index is 683. The van der Waals surface area contributed by atoms with Gasteiger partial charge in [-0.25, -0.2) is 0 Å². The van der Waals surface area contributed by atoms with Crippen molar-refractivity contribution in [3.8, 4) is 5.75 Å². The van der Waals surface area contributed by atoms with Gasteiger partial charge in [-0.05, 0) is 46.6 Å². The van der Waals surface area contributed by atoms with Gasteiger partial charge in [0.15, 0.2) is 0 Å². The minimum atomic E-state index is -0.102. The van der Waals surface area contributed by atoms with Crippen LogP contribution >= 0.6 is 31.9 Å². The number of nitrogens with zero attached hydrogens (tertiary/aromatic N) is 1. The van der Waals surface area contributed by atoms with E-state index in [-0.39, 0.29) is 5.56 Å². The van der Waals surface area contributed by atoms with E-state index in [9.17, 15) is 4.79 Å². The first-order chi connectivity index (χ1) is 9.49. The van der Waals surface area contributed by atoms with Gasteiger partial charge in [-0.15, -0.1) is 0 Å². The Morgan fingerprint density at radius 3 is 2.80 bits per heavy atom. The van der Waals surface area contributed by atoms with Crippen molar-refractivity contribution < 1.29 is 4.74 Å². The fourth-order valence-electron chi connectivity index (χ4n) is 1.72. The Kier molecular flexibility index (Phi) is 4.88. The molecule has 0 atom stereocenters. The van der Waals surface area contributed by atoms with Crippen LogP contribution in [0, 0.1) is 6.92 Å². The zero-order valence-corrected chi connectivity index (χ0v) is 14.1. The van der Waals surface area contributed by atoms with Crippen LogP contribution in [0.2, 0.25) is 0 Å². The van der Waals surface area contributed by atoms with Gasteiger partial charge in [-0.2, -0.15) is 0 Å². The number of benzene rings is 1.